The van der Waals surface area contributed by atoms with Crippen LogP contribution in [0.2, 0.25) is 0 Å². The van der Waals surface area contributed by atoms with Crippen molar-refractivity contribution in [1.82, 2.24) is 4.90 Å². The summed E-state index contributed by atoms with van der Waals surface area (Å²) in [5.74, 6) is 0.929. The van der Waals surface area contributed by atoms with Crippen LogP contribution < -0.4 is 0 Å². The van der Waals surface area contributed by atoms with Gasteiger partial charge >= 0.3 is 0 Å². The predicted molar refractivity (Wildman–Crippen MR) is 38.3 cm³/mol. The SMILES string of the molecule is N#CCN1CC2CCC1C2. The van der Waals surface area contributed by atoms with Crippen molar-refractivity contribution < 1.29 is 0 Å². The number of hydrogen-bond donors (Lipinski definition) is 0. The van der Waals surface area contributed by atoms with Crippen molar-refractivity contribution in [3.8, 4) is 6.07 Å². The van der Waals surface area contributed by atoms with Crippen LogP contribution in [0.4, 0.5) is 0 Å². The van der Waals surface area contributed by atoms with E-state index in [-0.39, 0.29) is 0 Å². The lowest BCUT2D eigenvalue weighted by atomic mass is 10.1. The standard InChI is InChI=1S/C8H12N2/c9-3-4-10-6-7-1-2-8(10)5-7/h7-8H,1-2,4-6H2. The summed E-state index contributed by atoms with van der Waals surface area (Å²) in [4.78, 5) is 2.33. The highest BCUT2D eigenvalue weighted by molar-refractivity contribution is 4.95. The Hall–Kier alpha value is -0.550. The molecular formula is C8H12N2. The lowest BCUT2D eigenvalue weighted by Gasteiger charge is -2.23. The van der Waals surface area contributed by atoms with Gasteiger partial charge < -0.3 is 0 Å². The fourth-order valence-electron chi connectivity index (χ4n) is 2.31. The predicted octanol–water partition coefficient (Wildman–Crippen LogP) is 0.994. The van der Waals surface area contributed by atoms with Crippen molar-refractivity contribution in [2.24, 2.45) is 5.92 Å². The lowest BCUT2D eigenvalue weighted by Crippen LogP contribution is -2.32. The van der Waals surface area contributed by atoms with Gasteiger partial charge in [0.2, 0.25) is 0 Å². The van der Waals surface area contributed by atoms with Crippen molar-refractivity contribution in [1.29, 1.82) is 5.26 Å². The molecule has 2 unspecified atom stereocenters. The first-order chi connectivity index (χ1) is 4.90. The van der Waals surface area contributed by atoms with Gasteiger partial charge in [-0.15, -0.1) is 0 Å². The van der Waals surface area contributed by atoms with E-state index < -0.39 is 0 Å². The molecule has 0 aromatic carbocycles. The molecule has 0 radical (unpaired) electrons. The van der Waals surface area contributed by atoms with Gasteiger partial charge in [0.15, 0.2) is 0 Å². The van der Waals surface area contributed by atoms with E-state index in [0.29, 0.717) is 6.54 Å². The van der Waals surface area contributed by atoms with Gasteiger partial charge in [0.05, 0.1) is 12.6 Å². The van der Waals surface area contributed by atoms with Crippen LogP contribution in [0.3, 0.4) is 0 Å². The Morgan fingerprint density at radius 1 is 1.50 bits per heavy atom. The van der Waals surface area contributed by atoms with Gasteiger partial charge in [0.25, 0.3) is 0 Å². The molecule has 2 nitrogen and oxygen atoms in total. The Kier molecular flexibility index (Phi) is 1.39. The average molecular weight is 136 g/mol. The van der Waals surface area contributed by atoms with Crippen molar-refractivity contribution in [3.63, 3.8) is 0 Å². The van der Waals surface area contributed by atoms with E-state index >= 15 is 0 Å². The smallest absolute Gasteiger partial charge is 0.0868 e. The molecule has 54 valence electrons. The second kappa shape index (κ2) is 2.25. The van der Waals surface area contributed by atoms with Crippen LogP contribution >= 0.6 is 0 Å². The highest BCUT2D eigenvalue weighted by atomic mass is 15.2. The summed E-state index contributed by atoms with van der Waals surface area (Å²) in [6, 6.07) is 2.99. The normalized spacial score (nSPS) is 38.3. The molecule has 0 spiro atoms. The molecule has 2 fully saturated rings. The van der Waals surface area contributed by atoms with Gasteiger partial charge in [-0.1, -0.05) is 0 Å². The largest absolute Gasteiger partial charge is 0.287 e. The summed E-state index contributed by atoms with van der Waals surface area (Å²) < 4.78 is 0. The average Bonchev–Trinajstić information content (AvgIpc) is 2.48. The zero-order valence-corrected chi connectivity index (χ0v) is 6.08. The molecule has 0 aromatic heterocycles. The van der Waals surface area contributed by atoms with E-state index in [2.05, 4.69) is 11.0 Å². The van der Waals surface area contributed by atoms with Crippen LogP contribution in [0.5, 0.6) is 0 Å². The third-order valence-electron chi connectivity index (χ3n) is 2.80. The van der Waals surface area contributed by atoms with Crippen molar-refractivity contribution >= 4 is 0 Å². The maximum absolute atomic E-state index is 8.46. The summed E-state index contributed by atoms with van der Waals surface area (Å²) in [6.45, 7) is 1.85. The molecule has 2 heteroatoms. The van der Waals surface area contributed by atoms with Crippen LogP contribution in [0.1, 0.15) is 19.3 Å². The van der Waals surface area contributed by atoms with E-state index in [1.807, 2.05) is 0 Å². The number of nitrogens with zero attached hydrogens (tertiary/aromatic N) is 2. The molecule has 10 heavy (non-hydrogen) atoms. The Bertz CT molecular complexity index is 171. The van der Waals surface area contributed by atoms with E-state index in [0.717, 1.165) is 12.0 Å². The van der Waals surface area contributed by atoms with E-state index in [4.69, 9.17) is 5.26 Å². The molecule has 0 N–H and O–H groups in total. The van der Waals surface area contributed by atoms with E-state index in [9.17, 15) is 0 Å². The Labute approximate surface area is 61.4 Å². The molecule has 1 aliphatic heterocycles. The number of piperidine rings is 1. The molecule has 1 aliphatic carbocycles. The molecule has 2 rings (SSSR count). The van der Waals surface area contributed by atoms with E-state index in [1.54, 1.807) is 0 Å². The highest BCUT2D eigenvalue weighted by Gasteiger charge is 2.37. The summed E-state index contributed by atoms with van der Waals surface area (Å²) in [7, 11) is 0. The maximum Gasteiger partial charge on any atom is 0.0868 e. The quantitative estimate of drug-likeness (QED) is 0.503. The number of rotatable bonds is 1. The van der Waals surface area contributed by atoms with E-state index in [1.165, 1.54) is 25.8 Å². The summed E-state index contributed by atoms with van der Waals surface area (Å²) in [6.07, 6.45) is 4.11. The van der Waals surface area contributed by atoms with Crippen LogP contribution in [-0.2, 0) is 0 Å². The topological polar surface area (TPSA) is 27.0 Å². The second-order valence-corrected chi connectivity index (χ2v) is 3.42. The minimum Gasteiger partial charge on any atom is -0.287 e. The van der Waals surface area contributed by atoms with Crippen LogP contribution in [0, 0.1) is 17.2 Å². The molecule has 1 saturated heterocycles. The van der Waals surface area contributed by atoms with Crippen molar-refractivity contribution in [2.75, 3.05) is 13.1 Å². The number of nitriles is 1. The highest BCUT2D eigenvalue weighted by Crippen LogP contribution is 2.36. The Morgan fingerprint density at radius 2 is 2.40 bits per heavy atom. The lowest BCUT2D eigenvalue weighted by molar-refractivity contribution is 0.238. The zero-order valence-electron chi connectivity index (χ0n) is 6.08. The van der Waals surface area contributed by atoms with Gasteiger partial charge in [-0.3, -0.25) is 4.90 Å². The maximum atomic E-state index is 8.46. The summed E-state index contributed by atoms with van der Waals surface area (Å²) in [5, 5.41) is 8.46. The van der Waals surface area contributed by atoms with Gasteiger partial charge in [-0.05, 0) is 25.2 Å². The van der Waals surface area contributed by atoms with Crippen LogP contribution in [0.25, 0.3) is 0 Å². The first-order valence-corrected chi connectivity index (χ1v) is 4.01. The van der Waals surface area contributed by atoms with Crippen LogP contribution in [0.15, 0.2) is 0 Å². The van der Waals surface area contributed by atoms with Gasteiger partial charge in [0.1, 0.15) is 0 Å². The molecule has 2 atom stereocenters. The van der Waals surface area contributed by atoms with Crippen LogP contribution in [-0.4, -0.2) is 24.0 Å². The minimum absolute atomic E-state index is 0.654. The molecule has 2 bridgehead atoms. The molecule has 1 saturated carbocycles. The van der Waals surface area contributed by atoms with Gasteiger partial charge in [-0.2, -0.15) is 5.26 Å². The van der Waals surface area contributed by atoms with Gasteiger partial charge in [0, 0.05) is 12.6 Å². The third kappa shape index (κ3) is 0.819. The molecule has 0 aromatic rings. The molecule has 1 heterocycles. The second-order valence-electron chi connectivity index (χ2n) is 3.42. The number of hydrogen-bond acceptors (Lipinski definition) is 2. The first-order valence-electron chi connectivity index (χ1n) is 4.01. The fraction of sp³-hybridized carbons (Fsp3) is 0.875. The van der Waals surface area contributed by atoms with Crippen molar-refractivity contribution in [2.45, 2.75) is 25.3 Å². The molecular weight excluding hydrogens is 124 g/mol. The number of likely N-dealkylation sites (tertiary alicyclic amines) is 1. The fourth-order valence-corrected chi connectivity index (χ4v) is 2.31. The summed E-state index contributed by atoms with van der Waals surface area (Å²) in [5.41, 5.74) is 0. The van der Waals surface area contributed by atoms with Gasteiger partial charge in [-0.25, -0.2) is 0 Å². The first kappa shape index (κ1) is 6.18. The minimum atomic E-state index is 0.654. The summed E-state index contributed by atoms with van der Waals surface area (Å²) >= 11 is 0. The Balaban J connectivity index is 1.97. The Morgan fingerprint density at radius 3 is 2.90 bits per heavy atom. The zero-order chi connectivity index (χ0) is 6.97. The third-order valence-corrected chi connectivity index (χ3v) is 2.80. The van der Waals surface area contributed by atoms with Crippen molar-refractivity contribution in [3.05, 3.63) is 0 Å². The molecule has 2 aliphatic rings. The molecule has 0 amide bonds. The monoisotopic (exact) mass is 136 g/mol. The number of fused-ring (bicyclic) bond motifs is 2.